The number of amides is 2. The Morgan fingerprint density at radius 2 is 1.79 bits per heavy atom. The van der Waals surface area contributed by atoms with Crippen LogP contribution in [0.5, 0.6) is 0 Å². The molecule has 9 heteroatoms. The number of nitrogens with two attached hydrogens (primary N) is 1. The monoisotopic (exact) mass is 446 g/mol. The number of pyridine rings is 1. The smallest absolute Gasteiger partial charge is 0.227 e. The Hall–Kier alpha value is -1.41. The highest BCUT2D eigenvalue weighted by atomic mass is 35.5. The number of rotatable bonds is 2. The highest BCUT2D eigenvalue weighted by molar-refractivity contribution is 5.85. The third kappa shape index (κ3) is 6.04. The highest BCUT2D eigenvalue weighted by Crippen LogP contribution is 2.32. The summed E-state index contributed by atoms with van der Waals surface area (Å²) in [7, 11) is 0. The van der Waals surface area contributed by atoms with E-state index < -0.39 is 5.60 Å². The number of likely N-dealkylation sites (tertiary alicyclic amines) is 2. The third-order valence-electron chi connectivity index (χ3n) is 5.87. The molecule has 0 bridgehead atoms. The van der Waals surface area contributed by atoms with E-state index in [1.807, 2.05) is 24.0 Å². The molecule has 3 rings (SSSR count). The van der Waals surface area contributed by atoms with Crippen molar-refractivity contribution in [3.05, 3.63) is 29.6 Å². The van der Waals surface area contributed by atoms with Crippen LogP contribution in [0.3, 0.4) is 0 Å². The molecule has 2 aliphatic heterocycles. The molecular formula is C20H32Cl2N4O3. The van der Waals surface area contributed by atoms with Crippen LogP contribution in [-0.2, 0) is 15.2 Å². The van der Waals surface area contributed by atoms with Gasteiger partial charge in [0.05, 0.1) is 11.6 Å². The predicted molar refractivity (Wildman–Crippen MR) is 116 cm³/mol. The molecule has 7 nitrogen and oxygen atoms in total. The lowest BCUT2D eigenvalue weighted by Crippen LogP contribution is -2.49. The van der Waals surface area contributed by atoms with Crippen LogP contribution < -0.4 is 5.73 Å². The Bertz CT molecular complexity index is 693. The largest absolute Gasteiger partial charge is 0.383 e. The van der Waals surface area contributed by atoms with E-state index in [1.54, 1.807) is 11.1 Å². The number of carbonyl (C=O) groups is 2. The molecular weight excluding hydrogens is 415 g/mol. The molecule has 0 unspecified atom stereocenters. The molecule has 29 heavy (non-hydrogen) atoms. The summed E-state index contributed by atoms with van der Waals surface area (Å²) in [5, 5.41) is 11.0. The van der Waals surface area contributed by atoms with Gasteiger partial charge in [-0.3, -0.25) is 14.6 Å². The molecule has 0 saturated carbocycles. The van der Waals surface area contributed by atoms with E-state index in [-0.39, 0.29) is 48.6 Å². The zero-order valence-corrected chi connectivity index (χ0v) is 18.7. The highest BCUT2D eigenvalue weighted by Gasteiger charge is 2.39. The Morgan fingerprint density at radius 3 is 2.34 bits per heavy atom. The summed E-state index contributed by atoms with van der Waals surface area (Å²) < 4.78 is 0. The van der Waals surface area contributed by atoms with E-state index in [4.69, 9.17) is 5.73 Å². The summed E-state index contributed by atoms with van der Waals surface area (Å²) in [6, 6.07) is 3.73. The standard InChI is InChI=1S/C20H30N4O3.2ClH/c1-14-3-6-18(22-11-14)20(27)7-9-23(10-8-20)19(26)16-4-5-17(21)13-24(12-16)15(2)25;;/h3,6,11,16-17,27H,4-5,7-10,12-13,21H2,1-2H3;2*1H/t16-,17+;;/m1../s1. The Labute approximate surface area is 184 Å². The summed E-state index contributed by atoms with van der Waals surface area (Å²) in [5.74, 6) is -0.191. The quantitative estimate of drug-likeness (QED) is 0.718. The van der Waals surface area contributed by atoms with Gasteiger partial charge in [0.25, 0.3) is 0 Å². The third-order valence-corrected chi connectivity index (χ3v) is 5.87. The first-order valence-corrected chi connectivity index (χ1v) is 9.74. The van der Waals surface area contributed by atoms with Crippen LogP contribution in [0, 0.1) is 12.8 Å². The second-order valence-corrected chi connectivity index (χ2v) is 8.04. The molecule has 2 atom stereocenters. The molecule has 1 aromatic rings. The van der Waals surface area contributed by atoms with Gasteiger partial charge in [0.2, 0.25) is 11.8 Å². The number of aromatic nitrogens is 1. The zero-order valence-electron chi connectivity index (χ0n) is 17.0. The van der Waals surface area contributed by atoms with Crippen LogP contribution in [-0.4, -0.2) is 63.9 Å². The number of nitrogens with zero attached hydrogens (tertiary/aromatic N) is 3. The van der Waals surface area contributed by atoms with Crippen molar-refractivity contribution in [3.63, 3.8) is 0 Å². The fraction of sp³-hybridized carbons (Fsp3) is 0.650. The van der Waals surface area contributed by atoms with Crippen LogP contribution in [0.25, 0.3) is 0 Å². The lowest BCUT2D eigenvalue weighted by Gasteiger charge is -2.39. The normalized spacial score (nSPS) is 24.0. The van der Waals surface area contributed by atoms with E-state index >= 15 is 0 Å². The maximum Gasteiger partial charge on any atom is 0.227 e. The van der Waals surface area contributed by atoms with Crippen molar-refractivity contribution in [2.75, 3.05) is 26.2 Å². The molecule has 0 aliphatic carbocycles. The Morgan fingerprint density at radius 1 is 1.14 bits per heavy atom. The number of aliphatic hydroxyl groups is 1. The summed E-state index contributed by atoms with van der Waals surface area (Å²) in [4.78, 5) is 32.7. The van der Waals surface area contributed by atoms with Gasteiger partial charge in [-0.1, -0.05) is 6.07 Å². The minimum absolute atomic E-state index is 0. The van der Waals surface area contributed by atoms with Crippen molar-refractivity contribution in [2.24, 2.45) is 11.7 Å². The molecule has 1 aromatic heterocycles. The Kier molecular flexibility index (Phi) is 9.34. The van der Waals surface area contributed by atoms with Gasteiger partial charge < -0.3 is 20.6 Å². The van der Waals surface area contributed by atoms with Gasteiger partial charge in [-0.15, -0.1) is 24.8 Å². The van der Waals surface area contributed by atoms with E-state index in [2.05, 4.69) is 4.98 Å². The van der Waals surface area contributed by atoms with Crippen molar-refractivity contribution in [1.29, 1.82) is 0 Å². The molecule has 3 N–H and O–H groups in total. The second-order valence-electron chi connectivity index (χ2n) is 8.04. The minimum atomic E-state index is -0.984. The van der Waals surface area contributed by atoms with Crippen molar-refractivity contribution < 1.29 is 14.7 Å². The first-order chi connectivity index (χ1) is 12.8. The van der Waals surface area contributed by atoms with Crippen LogP contribution >= 0.6 is 24.8 Å². The fourth-order valence-electron chi connectivity index (χ4n) is 4.03. The summed E-state index contributed by atoms with van der Waals surface area (Å²) in [6.07, 6.45) is 4.14. The maximum atomic E-state index is 13.0. The number of halogens is 2. The molecule has 2 fully saturated rings. The molecule has 2 aliphatic rings. The van der Waals surface area contributed by atoms with Gasteiger partial charge in [-0.2, -0.15) is 0 Å². The topological polar surface area (TPSA) is 99.8 Å². The van der Waals surface area contributed by atoms with Crippen molar-refractivity contribution in [3.8, 4) is 0 Å². The Balaban J connectivity index is 0.00000210. The number of hydrogen-bond donors (Lipinski definition) is 2. The summed E-state index contributed by atoms with van der Waals surface area (Å²) >= 11 is 0. The second kappa shape index (κ2) is 10.6. The van der Waals surface area contributed by atoms with Gasteiger partial charge in [-0.25, -0.2) is 0 Å². The van der Waals surface area contributed by atoms with E-state index in [0.29, 0.717) is 51.1 Å². The zero-order chi connectivity index (χ0) is 19.6. The number of aryl methyl sites for hydroxylation is 1. The van der Waals surface area contributed by atoms with Crippen LogP contribution in [0.15, 0.2) is 18.3 Å². The average Bonchev–Trinajstić information content (AvgIpc) is 2.84. The van der Waals surface area contributed by atoms with Gasteiger partial charge in [0.1, 0.15) is 5.60 Å². The van der Waals surface area contributed by atoms with Crippen molar-refractivity contribution >= 4 is 36.6 Å². The number of hydrogen-bond acceptors (Lipinski definition) is 5. The summed E-state index contributed by atoms with van der Waals surface area (Å²) in [5.41, 5.74) is 6.79. The van der Waals surface area contributed by atoms with E-state index in [0.717, 1.165) is 12.0 Å². The van der Waals surface area contributed by atoms with Crippen LogP contribution in [0.4, 0.5) is 0 Å². The molecule has 0 spiro atoms. The first-order valence-electron chi connectivity index (χ1n) is 9.74. The molecule has 164 valence electrons. The van der Waals surface area contributed by atoms with Crippen LogP contribution in [0.2, 0.25) is 0 Å². The predicted octanol–water partition coefficient (Wildman–Crippen LogP) is 1.63. The van der Waals surface area contributed by atoms with Crippen LogP contribution in [0.1, 0.15) is 43.9 Å². The molecule has 0 radical (unpaired) electrons. The summed E-state index contributed by atoms with van der Waals surface area (Å²) in [6.45, 7) is 5.42. The van der Waals surface area contributed by atoms with Crippen molar-refractivity contribution in [2.45, 2.75) is 51.2 Å². The number of piperidine rings is 1. The molecule has 2 saturated heterocycles. The van der Waals surface area contributed by atoms with Gasteiger partial charge in [0, 0.05) is 45.3 Å². The lowest BCUT2D eigenvalue weighted by atomic mass is 9.87. The van der Waals surface area contributed by atoms with Gasteiger partial charge in [0.15, 0.2) is 0 Å². The van der Waals surface area contributed by atoms with Gasteiger partial charge in [-0.05, 0) is 44.2 Å². The maximum absolute atomic E-state index is 13.0. The molecule has 3 heterocycles. The molecule has 0 aromatic carbocycles. The molecule has 2 amide bonds. The van der Waals surface area contributed by atoms with Gasteiger partial charge >= 0.3 is 0 Å². The average molecular weight is 447 g/mol. The lowest BCUT2D eigenvalue weighted by molar-refractivity contribution is -0.141. The fourth-order valence-corrected chi connectivity index (χ4v) is 4.03. The SMILES string of the molecule is CC(=O)N1C[C@@H](N)CC[C@@H](C(=O)N2CCC(O)(c3ccc(C)cn3)CC2)C1.Cl.Cl. The van der Waals surface area contributed by atoms with E-state index in [1.165, 1.54) is 6.92 Å². The minimum Gasteiger partial charge on any atom is -0.383 e. The number of carbonyl (C=O) groups excluding carboxylic acids is 2. The van der Waals surface area contributed by atoms with Crippen molar-refractivity contribution in [1.82, 2.24) is 14.8 Å². The first kappa shape index (κ1) is 25.6. The van der Waals surface area contributed by atoms with E-state index in [9.17, 15) is 14.7 Å².